The molecular weight excluding hydrogens is 504 g/mol. The van der Waals surface area contributed by atoms with E-state index >= 15 is 0 Å². The zero-order valence-corrected chi connectivity index (χ0v) is 22.9. The van der Waals surface area contributed by atoms with E-state index in [-0.39, 0.29) is 6.09 Å². The number of amides is 1. The molecule has 4 aromatic rings. The van der Waals surface area contributed by atoms with Crippen molar-refractivity contribution in [2.45, 2.75) is 32.4 Å². The minimum atomic E-state index is -0.198. The fraction of sp³-hybridized carbons (Fsp3) is 0.387. The second kappa shape index (κ2) is 11.6. The summed E-state index contributed by atoms with van der Waals surface area (Å²) in [6.45, 7) is 7.07. The van der Waals surface area contributed by atoms with Crippen LogP contribution >= 0.6 is 0 Å². The number of nitrogens with two attached hydrogens (primary N) is 1. The van der Waals surface area contributed by atoms with E-state index < -0.39 is 0 Å². The van der Waals surface area contributed by atoms with Crippen LogP contribution in [0.15, 0.2) is 67.1 Å². The number of ether oxygens (including phenoxy) is 2. The predicted molar refractivity (Wildman–Crippen MR) is 155 cm³/mol. The van der Waals surface area contributed by atoms with Crippen molar-refractivity contribution in [3.05, 3.63) is 72.7 Å². The Kier molecular flexibility index (Phi) is 7.55. The molecule has 6 rings (SSSR count). The molecule has 2 aromatic heterocycles. The van der Waals surface area contributed by atoms with Crippen molar-refractivity contribution in [2.75, 3.05) is 45.1 Å². The maximum atomic E-state index is 12.0. The van der Waals surface area contributed by atoms with Gasteiger partial charge in [0, 0.05) is 50.5 Å². The summed E-state index contributed by atoms with van der Waals surface area (Å²) < 4.78 is 13.5. The van der Waals surface area contributed by atoms with Gasteiger partial charge in [-0.15, -0.1) is 0 Å². The number of benzene rings is 2. The van der Waals surface area contributed by atoms with Crippen molar-refractivity contribution in [3.8, 4) is 16.9 Å². The van der Waals surface area contributed by atoms with Crippen LogP contribution in [0.1, 0.15) is 31.4 Å². The van der Waals surface area contributed by atoms with Crippen molar-refractivity contribution in [1.29, 1.82) is 0 Å². The van der Waals surface area contributed by atoms with E-state index in [9.17, 15) is 4.79 Å². The van der Waals surface area contributed by atoms with Crippen LogP contribution in [-0.2, 0) is 11.3 Å². The Labute approximate surface area is 234 Å². The maximum absolute atomic E-state index is 12.0. The van der Waals surface area contributed by atoms with Crippen molar-refractivity contribution in [3.63, 3.8) is 0 Å². The summed E-state index contributed by atoms with van der Waals surface area (Å²) in [7, 11) is 0. The molecule has 9 nitrogen and oxygen atoms in total. The summed E-state index contributed by atoms with van der Waals surface area (Å²) in [5.74, 6) is 1.92. The molecule has 1 saturated carbocycles. The molecule has 1 amide bonds. The maximum Gasteiger partial charge on any atom is 0.409 e. The third-order valence-electron chi connectivity index (χ3n) is 8.05. The van der Waals surface area contributed by atoms with E-state index in [2.05, 4.69) is 49.9 Å². The van der Waals surface area contributed by atoms with Crippen molar-refractivity contribution < 1.29 is 14.3 Å². The van der Waals surface area contributed by atoms with Gasteiger partial charge in [-0.05, 0) is 48.9 Å². The van der Waals surface area contributed by atoms with E-state index in [0.717, 1.165) is 79.0 Å². The topological polar surface area (TPSA) is 98.7 Å². The summed E-state index contributed by atoms with van der Waals surface area (Å²) in [6.07, 6.45) is 5.72. The predicted octanol–water partition coefficient (Wildman–Crippen LogP) is 4.98. The molecular formula is C31H36N6O3. The number of anilines is 1. The van der Waals surface area contributed by atoms with Gasteiger partial charge in [0.2, 0.25) is 0 Å². The second-order valence-corrected chi connectivity index (χ2v) is 10.7. The molecule has 0 bridgehead atoms. The van der Waals surface area contributed by atoms with E-state index in [1.54, 1.807) is 6.33 Å². The molecule has 0 atom stereocenters. The molecule has 2 aromatic carbocycles. The Bertz CT molecular complexity index is 1460. The molecule has 0 radical (unpaired) electrons. The molecule has 1 saturated heterocycles. The molecule has 208 valence electrons. The number of aromatic nitrogens is 3. The first-order chi connectivity index (χ1) is 19.6. The average molecular weight is 541 g/mol. The zero-order valence-electron chi connectivity index (χ0n) is 22.9. The molecule has 2 aliphatic rings. The van der Waals surface area contributed by atoms with Crippen molar-refractivity contribution in [1.82, 2.24) is 24.3 Å². The highest BCUT2D eigenvalue weighted by Crippen LogP contribution is 2.43. The SMILES string of the molecule is CCOC(=O)N1CCN(C[C@H]2C[C@@H](n3cc(-c4cccc(OCc5ccccc5)c4)c4c(N)ncnc43)C2)CC1. The van der Waals surface area contributed by atoms with Crippen LogP contribution in [0.25, 0.3) is 22.2 Å². The van der Waals surface area contributed by atoms with Crippen LogP contribution < -0.4 is 10.5 Å². The molecule has 40 heavy (non-hydrogen) atoms. The first-order valence-corrected chi connectivity index (χ1v) is 14.1. The lowest BCUT2D eigenvalue weighted by Crippen LogP contribution is -2.50. The van der Waals surface area contributed by atoms with Gasteiger partial charge in [-0.1, -0.05) is 42.5 Å². The number of nitrogen functional groups attached to an aromatic ring is 1. The number of piperazine rings is 1. The number of fused-ring (bicyclic) bond motifs is 1. The minimum Gasteiger partial charge on any atom is -0.489 e. The fourth-order valence-corrected chi connectivity index (χ4v) is 5.87. The molecule has 9 heteroatoms. The Morgan fingerprint density at radius 2 is 1.82 bits per heavy atom. The Hall–Kier alpha value is -4.11. The van der Waals surface area contributed by atoms with Gasteiger partial charge in [0.05, 0.1) is 12.0 Å². The normalized spacial score (nSPS) is 19.4. The van der Waals surface area contributed by atoms with E-state index in [4.69, 9.17) is 15.2 Å². The summed E-state index contributed by atoms with van der Waals surface area (Å²) >= 11 is 0. The van der Waals surface area contributed by atoms with Gasteiger partial charge in [0.1, 0.15) is 30.1 Å². The monoisotopic (exact) mass is 540 g/mol. The smallest absolute Gasteiger partial charge is 0.409 e. The van der Waals surface area contributed by atoms with Gasteiger partial charge in [-0.2, -0.15) is 0 Å². The van der Waals surface area contributed by atoms with Gasteiger partial charge in [-0.3, -0.25) is 4.90 Å². The van der Waals surface area contributed by atoms with Crippen LogP contribution in [0.5, 0.6) is 5.75 Å². The highest BCUT2D eigenvalue weighted by molar-refractivity contribution is 6.00. The summed E-state index contributed by atoms with van der Waals surface area (Å²) in [6, 6.07) is 18.7. The summed E-state index contributed by atoms with van der Waals surface area (Å²) in [5, 5.41) is 0.890. The highest BCUT2D eigenvalue weighted by atomic mass is 16.6. The molecule has 1 aliphatic heterocycles. The highest BCUT2D eigenvalue weighted by Gasteiger charge is 2.34. The van der Waals surface area contributed by atoms with Crippen LogP contribution in [-0.4, -0.2) is 69.8 Å². The minimum absolute atomic E-state index is 0.198. The van der Waals surface area contributed by atoms with Gasteiger partial charge < -0.3 is 24.7 Å². The van der Waals surface area contributed by atoms with E-state index in [0.29, 0.717) is 31.0 Å². The molecule has 0 spiro atoms. The average Bonchev–Trinajstić information content (AvgIpc) is 3.35. The van der Waals surface area contributed by atoms with Crippen LogP contribution in [0, 0.1) is 5.92 Å². The number of hydrogen-bond acceptors (Lipinski definition) is 7. The molecule has 1 aliphatic carbocycles. The standard InChI is InChI=1S/C31H36N6O3/c1-2-39-31(38)36-13-11-35(12-14-36)18-23-15-25(16-23)37-19-27(28-29(32)33-21-34-30(28)37)24-9-6-10-26(17-24)40-20-22-7-4-3-5-8-22/h3-10,17,19,21,23,25H,2,11-16,18,20H2,1H3,(H2,32,33,34)/t23-,25+. The number of rotatable bonds is 8. The Morgan fingerprint density at radius 3 is 2.60 bits per heavy atom. The lowest BCUT2D eigenvalue weighted by Gasteiger charge is -2.41. The lowest BCUT2D eigenvalue weighted by atomic mass is 9.79. The van der Waals surface area contributed by atoms with E-state index in [1.807, 2.05) is 42.2 Å². The van der Waals surface area contributed by atoms with Crippen molar-refractivity contribution >= 4 is 22.9 Å². The lowest BCUT2D eigenvalue weighted by molar-refractivity contribution is 0.0627. The quantitative estimate of drug-likeness (QED) is 0.336. The van der Waals surface area contributed by atoms with Gasteiger partial charge in [0.15, 0.2) is 0 Å². The Morgan fingerprint density at radius 1 is 1.02 bits per heavy atom. The molecule has 3 heterocycles. The Balaban J connectivity index is 1.13. The first-order valence-electron chi connectivity index (χ1n) is 14.1. The van der Waals surface area contributed by atoms with E-state index in [1.165, 1.54) is 0 Å². The van der Waals surface area contributed by atoms with Gasteiger partial charge >= 0.3 is 6.09 Å². The number of nitrogens with zero attached hydrogens (tertiary/aromatic N) is 5. The molecule has 2 N–H and O–H groups in total. The summed E-state index contributed by atoms with van der Waals surface area (Å²) in [4.78, 5) is 25.2. The van der Waals surface area contributed by atoms with Crippen LogP contribution in [0.3, 0.4) is 0 Å². The van der Waals surface area contributed by atoms with Crippen LogP contribution in [0.2, 0.25) is 0 Å². The first kappa shape index (κ1) is 26.1. The van der Waals surface area contributed by atoms with Crippen LogP contribution in [0.4, 0.5) is 10.6 Å². The third kappa shape index (κ3) is 5.47. The number of carbonyl (C=O) groups is 1. The van der Waals surface area contributed by atoms with Gasteiger partial charge in [0.25, 0.3) is 0 Å². The number of hydrogen-bond donors (Lipinski definition) is 1. The fourth-order valence-electron chi connectivity index (χ4n) is 5.87. The third-order valence-corrected chi connectivity index (χ3v) is 8.05. The number of carbonyl (C=O) groups excluding carboxylic acids is 1. The summed E-state index contributed by atoms with van der Waals surface area (Å²) in [5.41, 5.74) is 10.5. The van der Waals surface area contributed by atoms with Gasteiger partial charge in [-0.25, -0.2) is 14.8 Å². The largest absolute Gasteiger partial charge is 0.489 e. The second-order valence-electron chi connectivity index (χ2n) is 10.7. The molecule has 0 unspecified atom stereocenters. The van der Waals surface area contributed by atoms with Crippen molar-refractivity contribution in [2.24, 2.45) is 5.92 Å². The zero-order chi connectivity index (χ0) is 27.5. The molecule has 2 fully saturated rings.